The summed E-state index contributed by atoms with van der Waals surface area (Å²) < 4.78 is 18.1. The molecule has 29 heavy (non-hydrogen) atoms. The molecule has 6 nitrogen and oxygen atoms in total. The minimum Gasteiger partial charge on any atom is -0.497 e. The number of rotatable bonds is 14. The minimum absolute atomic E-state index is 0.222. The van der Waals surface area contributed by atoms with Crippen LogP contribution in [0.25, 0.3) is 0 Å². The first kappa shape index (κ1) is 23.0. The monoisotopic (exact) mass is 401 g/mol. The third-order valence-corrected chi connectivity index (χ3v) is 4.74. The van der Waals surface area contributed by atoms with E-state index in [0.717, 1.165) is 31.8 Å². The molecular weight excluding hydrogens is 368 g/mol. The molecule has 0 radical (unpaired) electrons. The molecule has 1 unspecified atom stereocenters. The van der Waals surface area contributed by atoms with Gasteiger partial charge in [-0.05, 0) is 29.8 Å². The molecule has 1 heterocycles. The number of ether oxygens (including phenoxy) is 3. The maximum atomic E-state index is 10.3. The summed E-state index contributed by atoms with van der Waals surface area (Å²) in [6.45, 7) is 4.27. The number of hydrogen-bond acceptors (Lipinski definition) is 4. The fourth-order valence-electron chi connectivity index (χ4n) is 3.36. The molecule has 2 rings (SSSR count). The van der Waals surface area contributed by atoms with Gasteiger partial charge in [-0.25, -0.2) is 0 Å². The van der Waals surface area contributed by atoms with E-state index in [4.69, 9.17) is 20.6 Å². The van der Waals surface area contributed by atoms with E-state index in [9.17, 15) is 5.11 Å². The largest absolute Gasteiger partial charge is 0.497 e. The van der Waals surface area contributed by atoms with Crippen molar-refractivity contribution >= 4 is 0 Å². The Kier molecular flexibility index (Phi) is 10.3. The van der Waals surface area contributed by atoms with E-state index in [1.807, 2.05) is 12.1 Å². The highest BCUT2D eigenvalue weighted by molar-refractivity contribution is 5.29. The van der Waals surface area contributed by atoms with E-state index in [2.05, 4.69) is 40.9 Å². The van der Waals surface area contributed by atoms with Crippen molar-refractivity contribution in [3.8, 4) is 18.1 Å². The van der Waals surface area contributed by atoms with Crippen LogP contribution in [0.2, 0.25) is 0 Å². The van der Waals surface area contributed by atoms with Crippen molar-refractivity contribution in [3.05, 3.63) is 53.9 Å². The molecule has 0 aliphatic heterocycles. The first-order chi connectivity index (χ1) is 14.2. The lowest BCUT2D eigenvalue weighted by molar-refractivity contribution is -0.917. The SMILES string of the molecule is C#CCOC[C@@H](O)C[NH+](CCCOC)Cc1cccn1Cc1cccc(OC)c1. The molecule has 2 atom stereocenters. The summed E-state index contributed by atoms with van der Waals surface area (Å²) >= 11 is 0. The Labute approximate surface area is 174 Å². The van der Waals surface area contributed by atoms with Crippen LogP contribution in [0.3, 0.4) is 0 Å². The van der Waals surface area contributed by atoms with E-state index in [-0.39, 0.29) is 13.2 Å². The smallest absolute Gasteiger partial charge is 0.126 e. The molecule has 0 amide bonds. The number of methoxy groups -OCH3 is 2. The molecule has 0 saturated carbocycles. The van der Waals surface area contributed by atoms with Crippen molar-refractivity contribution < 1.29 is 24.2 Å². The molecule has 0 saturated heterocycles. The average molecular weight is 402 g/mol. The highest BCUT2D eigenvalue weighted by Crippen LogP contribution is 2.14. The zero-order valence-electron chi connectivity index (χ0n) is 17.5. The molecule has 1 aromatic carbocycles. The number of aliphatic hydroxyl groups is 1. The predicted molar refractivity (Wildman–Crippen MR) is 113 cm³/mol. The summed E-state index contributed by atoms with van der Waals surface area (Å²) in [5, 5.41) is 10.3. The maximum absolute atomic E-state index is 10.3. The Balaban J connectivity index is 2.01. The quantitative estimate of drug-likeness (QED) is 0.366. The van der Waals surface area contributed by atoms with Crippen LogP contribution in [0.5, 0.6) is 5.75 Å². The molecule has 0 spiro atoms. The van der Waals surface area contributed by atoms with Crippen LogP contribution in [-0.4, -0.2) is 62.9 Å². The summed E-state index contributed by atoms with van der Waals surface area (Å²) in [6.07, 6.45) is 7.67. The maximum Gasteiger partial charge on any atom is 0.126 e. The normalized spacial score (nSPS) is 13.0. The molecule has 0 bridgehead atoms. The van der Waals surface area contributed by atoms with Crippen molar-refractivity contribution in [1.29, 1.82) is 0 Å². The Morgan fingerprint density at radius 3 is 2.86 bits per heavy atom. The lowest BCUT2D eigenvalue weighted by Gasteiger charge is -2.23. The molecule has 0 fully saturated rings. The third kappa shape index (κ3) is 8.30. The molecule has 1 aromatic heterocycles. The van der Waals surface area contributed by atoms with E-state index in [0.29, 0.717) is 13.2 Å². The van der Waals surface area contributed by atoms with E-state index >= 15 is 0 Å². The van der Waals surface area contributed by atoms with Gasteiger partial charge in [0, 0.05) is 26.3 Å². The van der Waals surface area contributed by atoms with Gasteiger partial charge in [-0.15, -0.1) is 6.42 Å². The van der Waals surface area contributed by atoms with Gasteiger partial charge in [0.15, 0.2) is 0 Å². The summed E-state index contributed by atoms with van der Waals surface area (Å²) in [6, 6.07) is 12.3. The van der Waals surface area contributed by atoms with Crippen LogP contribution >= 0.6 is 0 Å². The second-order valence-corrected chi connectivity index (χ2v) is 7.08. The number of aromatic nitrogens is 1. The zero-order chi connectivity index (χ0) is 20.9. The minimum atomic E-state index is -0.553. The van der Waals surface area contributed by atoms with Crippen molar-refractivity contribution in [2.75, 3.05) is 47.1 Å². The van der Waals surface area contributed by atoms with Crippen molar-refractivity contribution in [2.45, 2.75) is 25.6 Å². The molecule has 6 heteroatoms. The Morgan fingerprint density at radius 1 is 1.24 bits per heavy atom. The standard InChI is InChI=1S/C23H32N2O4/c1-4-13-29-19-22(26)18-24(11-7-14-27-2)17-21-9-6-12-25(21)16-20-8-5-10-23(15-20)28-3/h1,5-6,8-10,12,15,22,26H,7,11,13-14,16-19H2,2-3H3/p+1/t22-/m0/s1. The second kappa shape index (κ2) is 13.0. The van der Waals surface area contributed by atoms with E-state index in [1.165, 1.54) is 16.2 Å². The summed E-state index contributed by atoms with van der Waals surface area (Å²) in [7, 11) is 3.39. The van der Waals surface area contributed by atoms with Crippen LogP contribution in [0.4, 0.5) is 0 Å². The number of terminal acetylenes is 1. The van der Waals surface area contributed by atoms with Crippen molar-refractivity contribution in [1.82, 2.24) is 4.57 Å². The number of aliphatic hydroxyl groups excluding tert-OH is 1. The Bertz CT molecular complexity index is 753. The summed E-state index contributed by atoms with van der Waals surface area (Å²) in [5.74, 6) is 3.28. The predicted octanol–water partition coefficient (Wildman–Crippen LogP) is 0.977. The Hall–Kier alpha value is -2.30. The first-order valence-electron chi connectivity index (χ1n) is 9.95. The van der Waals surface area contributed by atoms with Gasteiger partial charge in [-0.3, -0.25) is 0 Å². The third-order valence-electron chi connectivity index (χ3n) is 4.74. The van der Waals surface area contributed by atoms with Crippen LogP contribution in [0, 0.1) is 12.3 Å². The van der Waals surface area contributed by atoms with E-state index in [1.54, 1.807) is 14.2 Å². The van der Waals surface area contributed by atoms with Gasteiger partial charge in [0.2, 0.25) is 0 Å². The number of quaternary nitrogens is 1. The van der Waals surface area contributed by atoms with Gasteiger partial charge in [-0.2, -0.15) is 0 Å². The van der Waals surface area contributed by atoms with Crippen LogP contribution < -0.4 is 9.64 Å². The molecule has 0 aliphatic carbocycles. The molecule has 2 aromatic rings. The van der Waals surface area contributed by atoms with Crippen molar-refractivity contribution in [2.24, 2.45) is 0 Å². The van der Waals surface area contributed by atoms with Gasteiger partial charge < -0.3 is 28.8 Å². The highest BCUT2D eigenvalue weighted by Gasteiger charge is 2.17. The second-order valence-electron chi connectivity index (χ2n) is 7.08. The van der Waals surface area contributed by atoms with Gasteiger partial charge >= 0.3 is 0 Å². The number of nitrogens with zero attached hydrogens (tertiary/aromatic N) is 1. The van der Waals surface area contributed by atoms with Gasteiger partial charge in [0.1, 0.15) is 31.5 Å². The molecule has 0 aliphatic rings. The summed E-state index contributed by atoms with van der Waals surface area (Å²) in [5.41, 5.74) is 2.41. The van der Waals surface area contributed by atoms with Crippen LogP contribution in [-0.2, 0) is 22.6 Å². The molecule has 158 valence electrons. The first-order valence-corrected chi connectivity index (χ1v) is 9.95. The zero-order valence-corrected chi connectivity index (χ0v) is 17.5. The van der Waals surface area contributed by atoms with Crippen LogP contribution in [0.15, 0.2) is 42.6 Å². The lowest BCUT2D eigenvalue weighted by atomic mass is 10.2. The van der Waals surface area contributed by atoms with Crippen molar-refractivity contribution in [3.63, 3.8) is 0 Å². The number of nitrogens with one attached hydrogen (secondary N) is 1. The summed E-state index contributed by atoms with van der Waals surface area (Å²) in [4.78, 5) is 1.28. The number of benzene rings is 1. The lowest BCUT2D eigenvalue weighted by Crippen LogP contribution is -3.12. The van der Waals surface area contributed by atoms with E-state index < -0.39 is 6.10 Å². The molecule has 2 N–H and O–H groups in total. The molecular formula is C23H33N2O4+. The number of hydrogen-bond donors (Lipinski definition) is 2. The van der Waals surface area contributed by atoms with Gasteiger partial charge in [0.05, 0.1) is 32.6 Å². The highest BCUT2D eigenvalue weighted by atomic mass is 16.5. The fourth-order valence-corrected chi connectivity index (χ4v) is 3.36. The van der Waals surface area contributed by atoms with Crippen LogP contribution in [0.1, 0.15) is 17.7 Å². The Morgan fingerprint density at radius 2 is 2.10 bits per heavy atom. The van der Waals surface area contributed by atoms with Gasteiger partial charge in [0.25, 0.3) is 0 Å². The van der Waals surface area contributed by atoms with Gasteiger partial charge in [-0.1, -0.05) is 18.1 Å². The topological polar surface area (TPSA) is 57.3 Å². The fraction of sp³-hybridized carbons (Fsp3) is 0.478. The average Bonchev–Trinajstić information content (AvgIpc) is 3.15.